The van der Waals surface area contributed by atoms with Gasteiger partial charge in [0.05, 0.1) is 18.1 Å². The predicted octanol–water partition coefficient (Wildman–Crippen LogP) is 2.71. The zero-order valence-corrected chi connectivity index (χ0v) is 11.6. The van der Waals surface area contributed by atoms with Crippen LogP contribution in [0.2, 0.25) is 0 Å². The summed E-state index contributed by atoms with van der Waals surface area (Å²) in [5, 5.41) is 10.5. The van der Waals surface area contributed by atoms with Gasteiger partial charge in [-0.05, 0) is 31.9 Å². The van der Waals surface area contributed by atoms with E-state index in [2.05, 4.69) is 0 Å². The van der Waals surface area contributed by atoms with Crippen LogP contribution in [0.5, 0.6) is 0 Å². The summed E-state index contributed by atoms with van der Waals surface area (Å²) in [4.78, 5) is 11.8. The van der Waals surface area contributed by atoms with Crippen molar-refractivity contribution in [1.29, 1.82) is 0 Å². The molecule has 0 aliphatic rings. The van der Waals surface area contributed by atoms with Crippen molar-refractivity contribution in [1.82, 2.24) is 0 Å². The lowest BCUT2D eigenvalue weighted by molar-refractivity contribution is -0.157. The molecule has 0 fully saturated rings. The first-order chi connectivity index (χ1) is 8.92. The molecule has 1 aromatic rings. The Morgan fingerprint density at radius 2 is 2.05 bits per heavy atom. The average Bonchev–Trinajstić information content (AvgIpc) is 2.32. The molecule has 2 unspecified atom stereocenters. The topological polar surface area (TPSA) is 46.5 Å². The number of rotatable bonds is 6. The van der Waals surface area contributed by atoms with Gasteiger partial charge in [-0.15, -0.1) is 0 Å². The molecule has 0 spiro atoms. The van der Waals surface area contributed by atoms with E-state index in [0.717, 1.165) is 0 Å². The Morgan fingerprint density at radius 1 is 1.42 bits per heavy atom. The van der Waals surface area contributed by atoms with Gasteiger partial charge in [0.1, 0.15) is 5.82 Å². The number of hydrogen-bond donors (Lipinski definition) is 1. The van der Waals surface area contributed by atoms with Crippen molar-refractivity contribution in [2.45, 2.75) is 39.2 Å². The summed E-state index contributed by atoms with van der Waals surface area (Å²) in [5.41, 5.74) is -0.932. The van der Waals surface area contributed by atoms with Crippen molar-refractivity contribution in [3.05, 3.63) is 35.6 Å². The van der Waals surface area contributed by atoms with Crippen molar-refractivity contribution in [3.63, 3.8) is 0 Å². The molecule has 19 heavy (non-hydrogen) atoms. The normalized spacial score (nSPS) is 15.6. The maximum Gasteiger partial charge on any atom is 0.311 e. The van der Waals surface area contributed by atoms with Gasteiger partial charge in [-0.1, -0.05) is 25.1 Å². The van der Waals surface area contributed by atoms with E-state index in [1.807, 2.05) is 0 Å². The van der Waals surface area contributed by atoms with Gasteiger partial charge in [0, 0.05) is 6.42 Å². The van der Waals surface area contributed by atoms with E-state index in [1.165, 1.54) is 6.07 Å². The number of benzene rings is 1. The Hall–Kier alpha value is -1.42. The van der Waals surface area contributed by atoms with E-state index in [9.17, 15) is 14.3 Å². The van der Waals surface area contributed by atoms with Gasteiger partial charge < -0.3 is 9.84 Å². The number of aliphatic hydroxyl groups is 1. The van der Waals surface area contributed by atoms with Gasteiger partial charge in [-0.3, -0.25) is 4.79 Å². The molecule has 3 nitrogen and oxygen atoms in total. The standard InChI is InChI=1S/C15H21FO3/c1-4-12(14(17)19-5-2)15(3,18)10-11-8-6-7-9-13(11)16/h6-9,12,18H,4-5,10H2,1-3H3. The largest absolute Gasteiger partial charge is 0.466 e. The maximum absolute atomic E-state index is 13.6. The average molecular weight is 268 g/mol. The number of carbonyl (C=O) groups is 1. The van der Waals surface area contributed by atoms with Crippen LogP contribution in [0.15, 0.2) is 24.3 Å². The number of halogens is 1. The third-order valence-corrected chi connectivity index (χ3v) is 3.24. The Balaban J connectivity index is 2.89. The Kier molecular flexibility index (Phi) is 5.48. The van der Waals surface area contributed by atoms with E-state index in [4.69, 9.17) is 4.74 Å². The molecule has 4 heteroatoms. The summed E-state index contributed by atoms with van der Waals surface area (Å²) in [5.74, 6) is -1.47. The molecule has 1 aromatic carbocycles. The van der Waals surface area contributed by atoms with Crippen LogP contribution in [0.25, 0.3) is 0 Å². The van der Waals surface area contributed by atoms with Crippen LogP contribution in [0.3, 0.4) is 0 Å². The lowest BCUT2D eigenvalue weighted by Gasteiger charge is -2.30. The van der Waals surface area contributed by atoms with Crippen molar-refractivity contribution in [3.8, 4) is 0 Å². The summed E-state index contributed by atoms with van der Waals surface area (Å²) in [6.45, 7) is 5.34. The van der Waals surface area contributed by atoms with Crippen LogP contribution >= 0.6 is 0 Å². The van der Waals surface area contributed by atoms with Crippen LogP contribution in [-0.2, 0) is 16.0 Å². The highest BCUT2D eigenvalue weighted by atomic mass is 19.1. The Morgan fingerprint density at radius 3 is 2.58 bits per heavy atom. The van der Waals surface area contributed by atoms with Crippen LogP contribution in [0.1, 0.15) is 32.8 Å². The molecule has 0 radical (unpaired) electrons. The lowest BCUT2D eigenvalue weighted by Crippen LogP contribution is -2.42. The van der Waals surface area contributed by atoms with Gasteiger partial charge >= 0.3 is 5.97 Å². The third-order valence-electron chi connectivity index (χ3n) is 3.24. The fourth-order valence-corrected chi connectivity index (χ4v) is 2.25. The first kappa shape index (κ1) is 15.6. The number of carbonyl (C=O) groups excluding carboxylic acids is 1. The molecule has 2 atom stereocenters. The molecule has 1 N–H and O–H groups in total. The van der Waals surface area contributed by atoms with Crippen molar-refractivity contribution in [2.24, 2.45) is 5.92 Å². The van der Waals surface area contributed by atoms with Gasteiger partial charge in [0.2, 0.25) is 0 Å². The number of ether oxygens (including phenoxy) is 1. The summed E-state index contributed by atoms with van der Waals surface area (Å²) in [6.07, 6.45) is 0.525. The minimum absolute atomic E-state index is 0.0804. The first-order valence-electron chi connectivity index (χ1n) is 6.54. The quantitative estimate of drug-likeness (QED) is 0.807. The smallest absolute Gasteiger partial charge is 0.311 e. The minimum atomic E-state index is -1.33. The summed E-state index contributed by atoms with van der Waals surface area (Å²) in [6, 6.07) is 6.26. The highest BCUT2D eigenvalue weighted by Gasteiger charge is 2.37. The van der Waals surface area contributed by atoms with Gasteiger partial charge in [-0.2, -0.15) is 0 Å². The second-order valence-electron chi connectivity index (χ2n) is 4.84. The van der Waals surface area contributed by atoms with E-state index in [1.54, 1.807) is 39.0 Å². The molecule has 0 aliphatic carbocycles. The fourth-order valence-electron chi connectivity index (χ4n) is 2.25. The van der Waals surface area contributed by atoms with Crippen LogP contribution in [-0.4, -0.2) is 23.3 Å². The number of hydrogen-bond acceptors (Lipinski definition) is 3. The Bertz CT molecular complexity index is 429. The summed E-state index contributed by atoms with van der Waals surface area (Å²) < 4.78 is 18.6. The lowest BCUT2D eigenvalue weighted by atomic mass is 9.82. The SMILES string of the molecule is CCOC(=O)C(CC)C(C)(O)Cc1ccccc1F. The highest BCUT2D eigenvalue weighted by Crippen LogP contribution is 2.27. The van der Waals surface area contributed by atoms with Gasteiger partial charge in [-0.25, -0.2) is 4.39 Å². The van der Waals surface area contributed by atoms with Crippen LogP contribution in [0, 0.1) is 11.7 Å². The first-order valence-corrected chi connectivity index (χ1v) is 6.54. The van der Waals surface area contributed by atoms with Crippen molar-refractivity contribution >= 4 is 5.97 Å². The molecule has 0 saturated carbocycles. The molecular formula is C15H21FO3. The van der Waals surface area contributed by atoms with Crippen LogP contribution < -0.4 is 0 Å². The molecule has 0 heterocycles. The third kappa shape index (κ3) is 4.03. The second-order valence-corrected chi connectivity index (χ2v) is 4.84. The van der Waals surface area contributed by atoms with Crippen molar-refractivity contribution in [2.75, 3.05) is 6.61 Å². The van der Waals surface area contributed by atoms with Gasteiger partial charge in [0.15, 0.2) is 0 Å². The Labute approximate surface area is 113 Å². The zero-order valence-electron chi connectivity index (χ0n) is 11.6. The van der Waals surface area contributed by atoms with Gasteiger partial charge in [0.25, 0.3) is 0 Å². The van der Waals surface area contributed by atoms with E-state index >= 15 is 0 Å². The predicted molar refractivity (Wildman–Crippen MR) is 71.1 cm³/mol. The van der Waals surface area contributed by atoms with E-state index < -0.39 is 17.5 Å². The second kappa shape index (κ2) is 6.66. The number of esters is 1. The maximum atomic E-state index is 13.6. The molecule has 0 aliphatic heterocycles. The fraction of sp³-hybridized carbons (Fsp3) is 0.533. The zero-order chi connectivity index (χ0) is 14.5. The molecule has 0 saturated heterocycles. The molecular weight excluding hydrogens is 247 g/mol. The van der Waals surface area contributed by atoms with E-state index in [0.29, 0.717) is 12.0 Å². The molecule has 106 valence electrons. The summed E-state index contributed by atoms with van der Waals surface area (Å²) in [7, 11) is 0. The van der Waals surface area contributed by atoms with E-state index in [-0.39, 0.29) is 18.8 Å². The monoisotopic (exact) mass is 268 g/mol. The minimum Gasteiger partial charge on any atom is -0.466 e. The molecule has 1 rings (SSSR count). The molecule has 0 amide bonds. The van der Waals surface area contributed by atoms with Crippen LogP contribution in [0.4, 0.5) is 4.39 Å². The highest BCUT2D eigenvalue weighted by molar-refractivity contribution is 5.73. The summed E-state index contributed by atoms with van der Waals surface area (Å²) >= 11 is 0. The van der Waals surface area contributed by atoms with Crippen molar-refractivity contribution < 1.29 is 19.0 Å². The molecule has 0 bridgehead atoms. The molecule has 0 aromatic heterocycles.